The number of aliphatic hydroxyl groups is 1. The summed E-state index contributed by atoms with van der Waals surface area (Å²) in [6, 6.07) is 1.20. The second-order valence-corrected chi connectivity index (χ2v) is 2.64. The fourth-order valence-electron chi connectivity index (χ4n) is 0.900. The molecule has 0 atom stereocenters. The lowest BCUT2D eigenvalue weighted by Crippen LogP contribution is -2.26. The number of nitrogens with one attached hydrogen (secondary N) is 1. The topological polar surface area (TPSA) is 95.2 Å². The molecule has 13 heavy (non-hydrogen) atoms. The Hall–Kier alpha value is -1.56. The van der Waals surface area contributed by atoms with E-state index in [2.05, 4.69) is 9.97 Å². The van der Waals surface area contributed by atoms with E-state index in [-0.39, 0.29) is 18.0 Å². The van der Waals surface area contributed by atoms with Gasteiger partial charge in [-0.3, -0.25) is 9.78 Å². The number of nitrogens with two attached hydrogens (primary N) is 1. The van der Waals surface area contributed by atoms with E-state index in [4.69, 9.17) is 10.8 Å². The highest BCUT2D eigenvalue weighted by atomic mass is 16.3. The van der Waals surface area contributed by atoms with Gasteiger partial charge in [0.25, 0.3) is 5.56 Å². The number of nitrogens with zero attached hydrogens (tertiary/aromatic N) is 2. The van der Waals surface area contributed by atoms with Crippen LogP contribution in [0.25, 0.3) is 0 Å². The minimum Gasteiger partial charge on any atom is -0.395 e. The van der Waals surface area contributed by atoms with Crippen LogP contribution in [0.2, 0.25) is 0 Å². The second kappa shape index (κ2) is 3.90. The van der Waals surface area contributed by atoms with Gasteiger partial charge in [-0.1, -0.05) is 0 Å². The van der Waals surface area contributed by atoms with Crippen LogP contribution in [0.4, 0.5) is 11.8 Å². The molecule has 0 aliphatic carbocycles. The Morgan fingerprint density at radius 3 is 3.00 bits per heavy atom. The van der Waals surface area contributed by atoms with Crippen LogP contribution in [-0.4, -0.2) is 35.3 Å². The predicted octanol–water partition coefficient (Wildman–Crippen LogP) is -1.22. The van der Waals surface area contributed by atoms with Crippen LogP contribution in [-0.2, 0) is 0 Å². The highest BCUT2D eigenvalue weighted by Gasteiger charge is 2.03. The van der Waals surface area contributed by atoms with Crippen molar-refractivity contribution >= 4 is 11.8 Å². The zero-order valence-corrected chi connectivity index (χ0v) is 7.32. The van der Waals surface area contributed by atoms with Gasteiger partial charge in [-0.2, -0.15) is 4.98 Å². The standard InChI is InChI=1S/C7H12N4O2/c1-11(2-3-12)7-9-5(8)4-6(13)10-7/h4,12H,2-3H2,1H3,(H3,8,9,10,13). The van der Waals surface area contributed by atoms with E-state index in [9.17, 15) is 4.79 Å². The van der Waals surface area contributed by atoms with Crippen molar-refractivity contribution in [2.75, 3.05) is 30.8 Å². The van der Waals surface area contributed by atoms with Gasteiger partial charge in [-0.25, -0.2) is 0 Å². The van der Waals surface area contributed by atoms with Gasteiger partial charge >= 0.3 is 0 Å². The van der Waals surface area contributed by atoms with Crippen LogP contribution in [0.15, 0.2) is 10.9 Å². The Kier molecular flexibility index (Phi) is 2.86. The van der Waals surface area contributed by atoms with Crippen molar-refractivity contribution in [1.82, 2.24) is 9.97 Å². The Bertz CT molecular complexity index is 336. The first-order chi connectivity index (χ1) is 6.13. The largest absolute Gasteiger partial charge is 0.395 e. The molecule has 0 radical (unpaired) electrons. The molecular formula is C7H12N4O2. The Labute approximate surface area is 75.0 Å². The van der Waals surface area contributed by atoms with Gasteiger partial charge in [0, 0.05) is 19.7 Å². The molecule has 1 aromatic heterocycles. The zero-order valence-electron chi connectivity index (χ0n) is 7.32. The highest BCUT2D eigenvalue weighted by molar-refractivity contribution is 5.36. The summed E-state index contributed by atoms with van der Waals surface area (Å²) in [4.78, 5) is 19.0. The number of likely N-dealkylation sites (N-methyl/N-ethyl adjacent to an activating group) is 1. The summed E-state index contributed by atoms with van der Waals surface area (Å²) in [5.74, 6) is 0.530. The molecule has 0 saturated heterocycles. The van der Waals surface area contributed by atoms with Crippen LogP contribution < -0.4 is 16.2 Å². The maximum absolute atomic E-state index is 11.0. The summed E-state index contributed by atoms with van der Waals surface area (Å²) < 4.78 is 0. The number of H-pyrrole nitrogens is 1. The molecular weight excluding hydrogens is 172 g/mol. The van der Waals surface area contributed by atoms with Crippen molar-refractivity contribution in [3.8, 4) is 0 Å². The van der Waals surface area contributed by atoms with Crippen molar-refractivity contribution < 1.29 is 5.11 Å². The first-order valence-corrected chi connectivity index (χ1v) is 3.82. The van der Waals surface area contributed by atoms with Gasteiger partial charge in [0.05, 0.1) is 6.61 Å². The summed E-state index contributed by atoms with van der Waals surface area (Å²) in [7, 11) is 1.70. The number of nitrogen functional groups attached to an aromatic ring is 1. The summed E-state index contributed by atoms with van der Waals surface area (Å²) in [5.41, 5.74) is 5.07. The minimum atomic E-state index is -0.299. The second-order valence-electron chi connectivity index (χ2n) is 2.64. The summed E-state index contributed by atoms with van der Waals surface area (Å²) in [5, 5.41) is 8.64. The van der Waals surface area contributed by atoms with Gasteiger partial charge in [-0.05, 0) is 0 Å². The lowest BCUT2D eigenvalue weighted by Gasteiger charge is -2.15. The van der Waals surface area contributed by atoms with Crippen molar-refractivity contribution in [3.05, 3.63) is 16.4 Å². The smallest absolute Gasteiger partial charge is 0.254 e. The van der Waals surface area contributed by atoms with Crippen molar-refractivity contribution in [2.45, 2.75) is 0 Å². The average Bonchev–Trinajstić information content (AvgIpc) is 2.03. The molecule has 0 saturated carbocycles. The molecule has 1 aromatic rings. The van der Waals surface area contributed by atoms with Crippen LogP contribution in [0.3, 0.4) is 0 Å². The van der Waals surface area contributed by atoms with Gasteiger partial charge in [0.2, 0.25) is 5.95 Å². The number of hydrogen-bond donors (Lipinski definition) is 3. The number of aromatic amines is 1. The molecule has 0 unspecified atom stereocenters. The fraction of sp³-hybridized carbons (Fsp3) is 0.429. The Morgan fingerprint density at radius 2 is 2.46 bits per heavy atom. The van der Waals surface area contributed by atoms with Crippen LogP contribution in [0, 0.1) is 0 Å². The predicted molar refractivity (Wildman–Crippen MR) is 49.6 cm³/mol. The molecule has 0 bridgehead atoms. The molecule has 0 amide bonds. The molecule has 0 spiro atoms. The van der Waals surface area contributed by atoms with Crippen LogP contribution >= 0.6 is 0 Å². The third-order valence-electron chi connectivity index (χ3n) is 1.55. The molecule has 6 nitrogen and oxygen atoms in total. The number of aromatic nitrogens is 2. The lowest BCUT2D eigenvalue weighted by molar-refractivity contribution is 0.303. The fourth-order valence-corrected chi connectivity index (χ4v) is 0.900. The quantitative estimate of drug-likeness (QED) is 0.547. The highest BCUT2D eigenvalue weighted by Crippen LogP contribution is 2.02. The Balaban J connectivity index is 2.94. The summed E-state index contributed by atoms with van der Waals surface area (Å²) in [6.07, 6.45) is 0. The van der Waals surface area contributed by atoms with E-state index in [1.807, 2.05) is 0 Å². The molecule has 6 heteroatoms. The third-order valence-corrected chi connectivity index (χ3v) is 1.55. The number of anilines is 2. The van der Waals surface area contributed by atoms with Gasteiger partial charge in [0.15, 0.2) is 0 Å². The minimum absolute atomic E-state index is 0.00495. The van der Waals surface area contributed by atoms with Crippen molar-refractivity contribution in [2.24, 2.45) is 0 Å². The molecule has 0 aliphatic heterocycles. The monoisotopic (exact) mass is 184 g/mol. The molecule has 0 aromatic carbocycles. The normalized spacial score (nSPS) is 10.0. The number of aliphatic hydroxyl groups excluding tert-OH is 1. The van der Waals surface area contributed by atoms with E-state index in [0.29, 0.717) is 12.5 Å². The van der Waals surface area contributed by atoms with E-state index in [0.717, 1.165) is 0 Å². The van der Waals surface area contributed by atoms with Crippen LogP contribution in [0.1, 0.15) is 0 Å². The van der Waals surface area contributed by atoms with Gasteiger partial charge in [0.1, 0.15) is 5.82 Å². The molecule has 0 aliphatic rings. The maximum atomic E-state index is 11.0. The molecule has 0 fully saturated rings. The SMILES string of the molecule is CN(CCO)c1nc(N)cc(=O)[nH]1. The third kappa shape index (κ3) is 2.45. The van der Waals surface area contributed by atoms with Crippen molar-refractivity contribution in [3.63, 3.8) is 0 Å². The van der Waals surface area contributed by atoms with E-state index < -0.39 is 0 Å². The molecule has 72 valence electrons. The van der Waals surface area contributed by atoms with Gasteiger partial charge < -0.3 is 15.7 Å². The van der Waals surface area contributed by atoms with E-state index in [1.165, 1.54) is 6.07 Å². The first-order valence-electron chi connectivity index (χ1n) is 3.82. The number of hydrogen-bond acceptors (Lipinski definition) is 5. The lowest BCUT2D eigenvalue weighted by atomic mass is 10.5. The zero-order chi connectivity index (χ0) is 9.84. The first kappa shape index (κ1) is 9.53. The summed E-state index contributed by atoms with van der Waals surface area (Å²) >= 11 is 0. The maximum Gasteiger partial charge on any atom is 0.254 e. The van der Waals surface area contributed by atoms with E-state index in [1.54, 1.807) is 11.9 Å². The Morgan fingerprint density at radius 1 is 1.77 bits per heavy atom. The van der Waals surface area contributed by atoms with E-state index >= 15 is 0 Å². The van der Waals surface area contributed by atoms with Gasteiger partial charge in [-0.15, -0.1) is 0 Å². The molecule has 1 rings (SSSR count). The number of rotatable bonds is 3. The van der Waals surface area contributed by atoms with Crippen LogP contribution in [0.5, 0.6) is 0 Å². The average molecular weight is 184 g/mol. The van der Waals surface area contributed by atoms with Crippen molar-refractivity contribution in [1.29, 1.82) is 0 Å². The summed E-state index contributed by atoms with van der Waals surface area (Å²) in [6.45, 7) is 0.390. The molecule has 1 heterocycles. The molecule has 4 N–H and O–H groups in total.